The van der Waals surface area contributed by atoms with E-state index in [9.17, 15) is 0 Å². The zero-order valence-corrected chi connectivity index (χ0v) is 25.9. The molecule has 0 saturated carbocycles. The standard InChI is InChI=1S/C36H29N5.Pt/c1-36(2,3)28-14-7-13-27(23-28)31-17-8-18-32(40-31)29-15-9-20-38-34(29)41-35-30(16-10-21-39-35)33-24-26(19-22-37-33)25-11-5-4-6-12-25;/h4-12,14-24H,1-3H3;/q-2;+2. The molecular formula is C36H29N5Pt. The Labute approximate surface area is 261 Å². The molecule has 0 fully saturated rings. The first kappa shape index (κ1) is 29.0. The number of pyridine rings is 4. The van der Waals surface area contributed by atoms with Crippen molar-refractivity contribution in [1.82, 2.24) is 19.9 Å². The van der Waals surface area contributed by atoms with Crippen LogP contribution in [0.1, 0.15) is 26.3 Å². The fourth-order valence-corrected chi connectivity index (χ4v) is 4.68. The van der Waals surface area contributed by atoms with Crippen LogP contribution in [0.3, 0.4) is 0 Å². The molecule has 0 N–H and O–H groups in total. The van der Waals surface area contributed by atoms with Crippen LogP contribution in [-0.2, 0) is 26.5 Å². The summed E-state index contributed by atoms with van der Waals surface area (Å²) < 4.78 is 0. The van der Waals surface area contributed by atoms with E-state index in [1.165, 1.54) is 5.56 Å². The van der Waals surface area contributed by atoms with E-state index in [1.54, 1.807) is 12.4 Å². The Morgan fingerprint density at radius 3 is 2.00 bits per heavy atom. The van der Waals surface area contributed by atoms with Gasteiger partial charge in [-0.15, -0.1) is 35.4 Å². The summed E-state index contributed by atoms with van der Waals surface area (Å²) in [6.07, 6.45) is 5.30. The minimum Gasteiger partial charge on any atom is -0.368 e. The largest absolute Gasteiger partial charge is 2.00 e. The maximum Gasteiger partial charge on any atom is 2.00 e. The first-order valence-electron chi connectivity index (χ1n) is 13.6. The third-order valence-electron chi connectivity index (χ3n) is 6.90. The number of benzene rings is 2. The van der Waals surface area contributed by atoms with Crippen LogP contribution in [0.25, 0.3) is 50.2 Å². The molecule has 0 bridgehead atoms. The van der Waals surface area contributed by atoms with Crippen molar-refractivity contribution in [2.24, 2.45) is 0 Å². The molecule has 4 aromatic heterocycles. The molecule has 4 heterocycles. The topological polar surface area (TPSA) is 65.7 Å². The van der Waals surface area contributed by atoms with Crippen molar-refractivity contribution >= 4 is 11.6 Å². The molecule has 0 aliphatic rings. The smallest absolute Gasteiger partial charge is 0.368 e. The molecule has 0 aliphatic carbocycles. The van der Waals surface area contributed by atoms with Gasteiger partial charge in [0, 0.05) is 29.0 Å². The summed E-state index contributed by atoms with van der Waals surface area (Å²) in [4.78, 5) is 18.9. The molecule has 0 atom stereocenters. The second kappa shape index (κ2) is 12.6. The predicted molar refractivity (Wildman–Crippen MR) is 166 cm³/mol. The zero-order valence-electron chi connectivity index (χ0n) is 23.6. The second-order valence-electron chi connectivity index (χ2n) is 10.8. The number of hydrogen-bond donors (Lipinski definition) is 0. The van der Waals surface area contributed by atoms with Crippen LogP contribution in [-0.4, -0.2) is 19.9 Å². The molecular weight excluding hydrogens is 698 g/mol. The fourth-order valence-electron chi connectivity index (χ4n) is 4.68. The second-order valence-corrected chi connectivity index (χ2v) is 10.8. The van der Waals surface area contributed by atoms with Gasteiger partial charge in [0.05, 0.1) is 11.4 Å². The Hall–Kier alpha value is -4.47. The van der Waals surface area contributed by atoms with Gasteiger partial charge in [0.2, 0.25) is 0 Å². The number of nitrogens with zero attached hydrogens (tertiary/aromatic N) is 5. The van der Waals surface area contributed by atoms with Crippen molar-refractivity contribution < 1.29 is 21.1 Å². The first-order chi connectivity index (χ1) is 20.0. The molecule has 0 radical (unpaired) electrons. The van der Waals surface area contributed by atoms with Crippen LogP contribution in [0.5, 0.6) is 0 Å². The molecule has 0 saturated heterocycles. The molecule has 0 aliphatic heterocycles. The third-order valence-corrected chi connectivity index (χ3v) is 6.90. The van der Waals surface area contributed by atoms with Gasteiger partial charge < -0.3 is 15.3 Å². The average molecular weight is 727 g/mol. The number of rotatable bonds is 6. The third kappa shape index (κ3) is 6.37. The van der Waals surface area contributed by atoms with E-state index in [2.05, 4.69) is 72.1 Å². The van der Waals surface area contributed by atoms with Crippen LogP contribution >= 0.6 is 0 Å². The summed E-state index contributed by atoms with van der Waals surface area (Å²) in [6, 6.07) is 37.7. The van der Waals surface area contributed by atoms with Gasteiger partial charge in [-0.25, -0.2) is 0 Å². The Bertz CT molecular complexity index is 1810. The van der Waals surface area contributed by atoms with Crippen molar-refractivity contribution in [3.8, 4) is 44.9 Å². The molecule has 0 amide bonds. The summed E-state index contributed by atoms with van der Waals surface area (Å²) in [6.45, 7) is 6.62. The molecule has 42 heavy (non-hydrogen) atoms. The monoisotopic (exact) mass is 726 g/mol. The molecule has 0 unspecified atom stereocenters. The fraction of sp³-hybridized carbons (Fsp3) is 0.111. The van der Waals surface area contributed by atoms with E-state index >= 15 is 0 Å². The predicted octanol–water partition coefficient (Wildman–Crippen LogP) is 9.37. The van der Waals surface area contributed by atoms with E-state index in [0.717, 1.165) is 44.9 Å². The van der Waals surface area contributed by atoms with Crippen molar-refractivity contribution in [2.75, 3.05) is 0 Å². The van der Waals surface area contributed by atoms with Crippen LogP contribution in [0.15, 0.2) is 122 Å². The SMILES string of the molecule is CC(C)(C)c1cc[c-]c(-c2cccc(-c3cccnc3[N-]c3ncccc3-c3cc(-c4ccccc4)ccn3)n2)c1.[Pt+2]. The molecule has 208 valence electrons. The van der Waals surface area contributed by atoms with Gasteiger partial charge >= 0.3 is 21.1 Å². The van der Waals surface area contributed by atoms with Crippen LogP contribution < -0.4 is 0 Å². The van der Waals surface area contributed by atoms with Crippen molar-refractivity contribution in [3.63, 3.8) is 0 Å². The zero-order chi connectivity index (χ0) is 28.2. The van der Waals surface area contributed by atoms with Crippen molar-refractivity contribution in [2.45, 2.75) is 26.2 Å². The van der Waals surface area contributed by atoms with Crippen molar-refractivity contribution in [1.29, 1.82) is 0 Å². The Morgan fingerprint density at radius 2 is 1.29 bits per heavy atom. The maximum absolute atomic E-state index is 5.00. The van der Waals surface area contributed by atoms with Gasteiger partial charge in [0.25, 0.3) is 0 Å². The first-order valence-corrected chi connectivity index (χ1v) is 13.6. The van der Waals surface area contributed by atoms with E-state index in [-0.39, 0.29) is 26.5 Å². The summed E-state index contributed by atoms with van der Waals surface area (Å²) in [5.74, 6) is 1.09. The summed E-state index contributed by atoms with van der Waals surface area (Å²) in [7, 11) is 0. The molecule has 2 aromatic carbocycles. The molecule has 5 nitrogen and oxygen atoms in total. The summed E-state index contributed by atoms with van der Waals surface area (Å²) in [5, 5.41) is 4.93. The maximum atomic E-state index is 5.00. The Morgan fingerprint density at radius 1 is 0.595 bits per heavy atom. The normalized spacial score (nSPS) is 11.0. The Kier molecular flexibility index (Phi) is 8.70. The van der Waals surface area contributed by atoms with Gasteiger partial charge in [-0.3, -0.25) is 9.97 Å². The van der Waals surface area contributed by atoms with E-state index in [4.69, 9.17) is 10.3 Å². The number of aromatic nitrogens is 4. The van der Waals surface area contributed by atoms with Crippen LogP contribution in [0.2, 0.25) is 0 Å². The number of hydrogen-bond acceptors (Lipinski definition) is 4. The van der Waals surface area contributed by atoms with E-state index in [1.807, 2.05) is 79.0 Å². The molecule has 6 heteroatoms. The van der Waals surface area contributed by atoms with Gasteiger partial charge in [-0.2, -0.15) is 0 Å². The van der Waals surface area contributed by atoms with Gasteiger partial charge in [0.15, 0.2) is 0 Å². The van der Waals surface area contributed by atoms with E-state index in [0.29, 0.717) is 11.6 Å². The van der Waals surface area contributed by atoms with Crippen molar-refractivity contribution in [3.05, 3.63) is 139 Å². The average Bonchev–Trinajstić information content (AvgIpc) is 3.02. The summed E-state index contributed by atoms with van der Waals surface area (Å²) in [5.41, 5.74) is 8.52. The van der Waals surface area contributed by atoms with Gasteiger partial charge in [-0.05, 0) is 52.8 Å². The Balaban J connectivity index is 0.00000353. The van der Waals surface area contributed by atoms with Gasteiger partial charge in [0.1, 0.15) is 0 Å². The van der Waals surface area contributed by atoms with Crippen LogP contribution in [0.4, 0.5) is 11.6 Å². The molecule has 0 spiro atoms. The van der Waals surface area contributed by atoms with Crippen LogP contribution in [0, 0.1) is 6.07 Å². The molecule has 6 aromatic rings. The van der Waals surface area contributed by atoms with E-state index < -0.39 is 0 Å². The minimum absolute atomic E-state index is 0. The minimum atomic E-state index is 0. The van der Waals surface area contributed by atoms with Gasteiger partial charge in [-0.1, -0.05) is 87.5 Å². The quantitative estimate of drug-likeness (QED) is 0.161. The molecule has 6 rings (SSSR count). The summed E-state index contributed by atoms with van der Waals surface area (Å²) >= 11 is 0.